The summed E-state index contributed by atoms with van der Waals surface area (Å²) in [4.78, 5) is 8.54. The summed E-state index contributed by atoms with van der Waals surface area (Å²) in [5.41, 5.74) is 4.37. The van der Waals surface area contributed by atoms with Crippen molar-refractivity contribution in [3.05, 3.63) is 29.6 Å². The molecule has 0 fully saturated rings. The lowest BCUT2D eigenvalue weighted by molar-refractivity contribution is 1.29. The van der Waals surface area contributed by atoms with Gasteiger partial charge in [-0.3, -0.25) is 9.98 Å². The maximum absolute atomic E-state index is 4.44. The first-order chi connectivity index (χ1) is 6.59. The second kappa shape index (κ2) is 4.70. The molecule has 0 saturated heterocycles. The number of aliphatic imine (C=N–C) groups is 1. The van der Waals surface area contributed by atoms with Crippen molar-refractivity contribution in [1.29, 1.82) is 0 Å². The Morgan fingerprint density at radius 1 is 1.29 bits per heavy atom. The normalized spacial score (nSPS) is 9.43. The van der Waals surface area contributed by atoms with E-state index in [1.165, 1.54) is 5.57 Å². The fourth-order valence-electron chi connectivity index (χ4n) is 1.16. The minimum atomic E-state index is 0.987. The highest BCUT2D eigenvalue weighted by atomic mass is 14.8. The van der Waals surface area contributed by atoms with E-state index in [-0.39, 0.29) is 0 Å². The first-order valence-corrected chi connectivity index (χ1v) is 4.70. The molecule has 0 bridgehead atoms. The topological polar surface area (TPSA) is 25.2 Å². The molecule has 0 aromatic carbocycles. The van der Waals surface area contributed by atoms with Crippen molar-refractivity contribution in [3.8, 4) is 0 Å². The van der Waals surface area contributed by atoms with Crippen LogP contribution in [0.4, 0.5) is 5.69 Å². The molecule has 0 aliphatic carbocycles. The van der Waals surface area contributed by atoms with Crippen LogP contribution in [0.25, 0.3) is 6.08 Å². The second-order valence-electron chi connectivity index (χ2n) is 3.72. The zero-order valence-corrected chi connectivity index (χ0v) is 9.20. The Bertz CT molecular complexity index is 331. The van der Waals surface area contributed by atoms with Crippen molar-refractivity contribution in [3.63, 3.8) is 0 Å². The molecule has 0 spiro atoms. The maximum atomic E-state index is 4.44. The molecule has 1 aromatic heterocycles. The average Bonchev–Trinajstić information content (AvgIpc) is 2.06. The molecule has 0 amide bonds. The van der Waals surface area contributed by atoms with Crippen LogP contribution in [0.5, 0.6) is 0 Å². The van der Waals surface area contributed by atoms with Crippen LogP contribution in [-0.4, -0.2) is 10.7 Å². The molecule has 0 atom stereocenters. The lowest BCUT2D eigenvalue weighted by atomic mass is 10.2. The first kappa shape index (κ1) is 10.6. The largest absolute Gasteiger partial charge is 0.264 e. The number of hydrogen-bond donors (Lipinski definition) is 0. The van der Waals surface area contributed by atoms with Gasteiger partial charge in [-0.25, -0.2) is 0 Å². The van der Waals surface area contributed by atoms with E-state index in [1.807, 2.05) is 26.1 Å². The van der Waals surface area contributed by atoms with Gasteiger partial charge in [0, 0.05) is 23.7 Å². The Hall–Kier alpha value is -1.44. The van der Waals surface area contributed by atoms with Crippen LogP contribution in [0.15, 0.2) is 29.0 Å². The molecule has 0 aliphatic heterocycles. The fraction of sp³-hybridized carbons (Fsp3) is 0.333. The molecule has 0 radical (unpaired) electrons. The molecule has 0 saturated carbocycles. The molecule has 0 N–H and O–H groups in total. The molecule has 0 aliphatic rings. The average molecular weight is 188 g/mol. The molecule has 14 heavy (non-hydrogen) atoms. The van der Waals surface area contributed by atoms with Crippen molar-refractivity contribution < 1.29 is 0 Å². The van der Waals surface area contributed by atoms with Crippen LogP contribution in [0, 0.1) is 0 Å². The van der Waals surface area contributed by atoms with E-state index in [1.54, 1.807) is 6.20 Å². The third-order valence-electron chi connectivity index (χ3n) is 1.62. The smallest absolute Gasteiger partial charge is 0.0731 e. The summed E-state index contributed by atoms with van der Waals surface area (Å²) in [6.45, 7) is 8.12. The van der Waals surface area contributed by atoms with Crippen molar-refractivity contribution in [2.45, 2.75) is 27.7 Å². The van der Waals surface area contributed by atoms with Gasteiger partial charge in [-0.1, -0.05) is 11.6 Å². The number of pyridine rings is 1. The number of aromatic nitrogens is 1. The van der Waals surface area contributed by atoms with E-state index in [0.29, 0.717) is 0 Å². The summed E-state index contributed by atoms with van der Waals surface area (Å²) < 4.78 is 0. The zero-order chi connectivity index (χ0) is 10.6. The summed E-state index contributed by atoms with van der Waals surface area (Å²) in [5.74, 6) is 0. The standard InChI is InChI=1S/C12H16N2/c1-9(2)7-11-8-13-6-5-12(11)14-10(3)4/h5-8H,1-4H3. The van der Waals surface area contributed by atoms with Gasteiger partial charge in [0.1, 0.15) is 0 Å². The summed E-state index contributed by atoms with van der Waals surface area (Å²) >= 11 is 0. The Kier molecular flexibility index (Phi) is 3.57. The van der Waals surface area contributed by atoms with E-state index in [4.69, 9.17) is 0 Å². The van der Waals surface area contributed by atoms with E-state index < -0.39 is 0 Å². The minimum Gasteiger partial charge on any atom is -0.264 e. The molecule has 1 heterocycles. The summed E-state index contributed by atoms with van der Waals surface area (Å²) in [6.07, 6.45) is 5.70. The van der Waals surface area contributed by atoms with Crippen LogP contribution in [0.2, 0.25) is 0 Å². The predicted octanol–water partition coefficient (Wildman–Crippen LogP) is 3.62. The van der Waals surface area contributed by atoms with E-state index in [0.717, 1.165) is 17.0 Å². The molecule has 1 aromatic rings. The minimum absolute atomic E-state index is 0.987. The highest BCUT2D eigenvalue weighted by Crippen LogP contribution is 2.20. The molecule has 0 unspecified atom stereocenters. The van der Waals surface area contributed by atoms with Crippen LogP contribution < -0.4 is 0 Å². The molecule has 2 nitrogen and oxygen atoms in total. The zero-order valence-electron chi connectivity index (χ0n) is 9.20. The monoisotopic (exact) mass is 188 g/mol. The van der Waals surface area contributed by atoms with Crippen molar-refractivity contribution >= 4 is 17.5 Å². The fourth-order valence-corrected chi connectivity index (χ4v) is 1.16. The summed E-state index contributed by atoms with van der Waals surface area (Å²) in [7, 11) is 0. The Balaban J connectivity index is 3.16. The Labute approximate surface area is 85.4 Å². The van der Waals surface area contributed by atoms with Crippen LogP contribution in [0.1, 0.15) is 33.3 Å². The Morgan fingerprint density at radius 3 is 2.57 bits per heavy atom. The van der Waals surface area contributed by atoms with E-state index >= 15 is 0 Å². The van der Waals surface area contributed by atoms with E-state index in [2.05, 4.69) is 29.9 Å². The maximum Gasteiger partial charge on any atom is 0.0731 e. The van der Waals surface area contributed by atoms with Crippen LogP contribution in [0.3, 0.4) is 0 Å². The van der Waals surface area contributed by atoms with E-state index in [9.17, 15) is 0 Å². The van der Waals surface area contributed by atoms with Crippen molar-refractivity contribution in [2.24, 2.45) is 4.99 Å². The van der Waals surface area contributed by atoms with Gasteiger partial charge in [-0.15, -0.1) is 0 Å². The summed E-state index contributed by atoms with van der Waals surface area (Å²) in [6, 6.07) is 1.93. The molecular formula is C12H16N2. The predicted molar refractivity (Wildman–Crippen MR) is 62.0 cm³/mol. The van der Waals surface area contributed by atoms with Gasteiger partial charge in [0.25, 0.3) is 0 Å². The number of nitrogens with zero attached hydrogens (tertiary/aromatic N) is 2. The number of allylic oxidation sites excluding steroid dienone is 1. The highest BCUT2D eigenvalue weighted by Gasteiger charge is 1.97. The highest BCUT2D eigenvalue weighted by molar-refractivity contribution is 5.83. The van der Waals surface area contributed by atoms with Gasteiger partial charge in [-0.05, 0) is 33.8 Å². The lowest BCUT2D eigenvalue weighted by Gasteiger charge is -2.00. The number of rotatable bonds is 2. The molecular weight excluding hydrogens is 172 g/mol. The Morgan fingerprint density at radius 2 is 2.00 bits per heavy atom. The van der Waals surface area contributed by atoms with Crippen LogP contribution >= 0.6 is 0 Å². The van der Waals surface area contributed by atoms with Crippen molar-refractivity contribution in [1.82, 2.24) is 4.98 Å². The number of hydrogen-bond acceptors (Lipinski definition) is 2. The summed E-state index contributed by atoms with van der Waals surface area (Å²) in [5, 5.41) is 0. The SMILES string of the molecule is CC(C)=Cc1cnccc1N=C(C)C. The van der Waals surface area contributed by atoms with Gasteiger partial charge < -0.3 is 0 Å². The van der Waals surface area contributed by atoms with Gasteiger partial charge in [-0.2, -0.15) is 0 Å². The van der Waals surface area contributed by atoms with Gasteiger partial charge >= 0.3 is 0 Å². The molecule has 1 rings (SSSR count). The molecule has 74 valence electrons. The quantitative estimate of drug-likeness (QED) is 0.651. The van der Waals surface area contributed by atoms with Crippen LogP contribution in [-0.2, 0) is 0 Å². The van der Waals surface area contributed by atoms with Crippen molar-refractivity contribution in [2.75, 3.05) is 0 Å². The lowest BCUT2D eigenvalue weighted by Crippen LogP contribution is -1.83. The van der Waals surface area contributed by atoms with Gasteiger partial charge in [0.2, 0.25) is 0 Å². The van der Waals surface area contributed by atoms with Gasteiger partial charge in [0.15, 0.2) is 0 Å². The van der Waals surface area contributed by atoms with Gasteiger partial charge in [0.05, 0.1) is 5.69 Å². The second-order valence-corrected chi connectivity index (χ2v) is 3.72. The third kappa shape index (κ3) is 3.13. The third-order valence-corrected chi connectivity index (χ3v) is 1.62. The molecule has 2 heteroatoms. The first-order valence-electron chi connectivity index (χ1n) is 4.70.